The Morgan fingerprint density at radius 2 is 1.79 bits per heavy atom. The summed E-state index contributed by atoms with van der Waals surface area (Å²) in [6.07, 6.45) is 1.31. The number of ether oxygens (including phenoxy) is 1. The van der Waals surface area contributed by atoms with Crippen molar-refractivity contribution in [3.8, 4) is 5.75 Å². The van der Waals surface area contributed by atoms with Crippen LogP contribution in [0.15, 0.2) is 42.5 Å². The lowest BCUT2D eigenvalue weighted by Crippen LogP contribution is -2.55. The van der Waals surface area contributed by atoms with Gasteiger partial charge in [-0.3, -0.25) is 9.59 Å². The number of amides is 3. The second-order valence-electron chi connectivity index (χ2n) is 10.9. The number of anilines is 1. The Hall–Kier alpha value is -3.26. The summed E-state index contributed by atoms with van der Waals surface area (Å²) < 4.78 is 5.43. The number of hydrogen-bond donors (Lipinski definition) is 3. The van der Waals surface area contributed by atoms with Crippen molar-refractivity contribution in [2.45, 2.75) is 84.5 Å². The number of aromatic hydroxyl groups is 1. The fraction of sp³-hybridized carbons (Fsp3) is 0.483. The average Bonchev–Trinajstić information content (AvgIpc) is 3.67. The maximum absolute atomic E-state index is 14.2. The minimum atomic E-state index is -1.15. The van der Waals surface area contributed by atoms with Crippen molar-refractivity contribution in [3.63, 3.8) is 0 Å². The van der Waals surface area contributed by atoms with Gasteiger partial charge in [0, 0.05) is 11.6 Å². The highest BCUT2D eigenvalue weighted by Crippen LogP contribution is 2.39. The maximum atomic E-state index is 14.2. The van der Waals surface area contributed by atoms with Crippen LogP contribution in [0.5, 0.6) is 5.75 Å². The fourth-order valence-corrected chi connectivity index (χ4v) is 4.54. The number of rotatable bonds is 9. The molecule has 0 bridgehead atoms. The summed E-state index contributed by atoms with van der Waals surface area (Å²) in [7, 11) is 0. The average molecular weight is 544 g/mol. The van der Waals surface area contributed by atoms with E-state index >= 15 is 0 Å². The molecule has 0 aliphatic heterocycles. The second-order valence-corrected chi connectivity index (χ2v) is 11.3. The number of benzene rings is 2. The Kier molecular flexibility index (Phi) is 9.31. The first-order valence-corrected chi connectivity index (χ1v) is 13.4. The molecule has 2 aromatic carbocycles. The van der Waals surface area contributed by atoms with E-state index in [1.807, 2.05) is 26.8 Å². The van der Waals surface area contributed by atoms with Crippen molar-refractivity contribution < 1.29 is 24.2 Å². The van der Waals surface area contributed by atoms with E-state index in [1.54, 1.807) is 51.1 Å². The molecule has 3 unspecified atom stereocenters. The topological polar surface area (TPSA) is 108 Å². The number of halogens is 1. The van der Waals surface area contributed by atoms with Crippen molar-refractivity contribution in [3.05, 3.63) is 58.6 Å². The van der Waals surface area contributed by atoms with Crippen LogP contribution in [0, 0.1) is 12.8 Å². The molecular weight excluding hydrogens is 506 g/mol. The molecule has 0 radical (unpaired) electrons. The molecule has 1 aliphatic rings. The van der Waals surface area contributed by atoms with Crippen LogP contribution in [0.4, 0.5) is 10.5 Å². The van der Waals surface area contributed by atoms with Crippen molar-refractivity contribution in [2.24, 2.45) is 5.92 Å². The Labute approximate surface area is 229 Å². The number of para-hydroxylation sites is 2. The van der Waals surface area contributed by atoms with E-state index in [2.05, 4.69) is 10.6 Å². The summed E-state index contributed by atoms with van der Waals surface area (Å²) in [5, 5.41) is 16.8. The molecular formula is C29H38ClN3O5. The van der Waals surface area contributed by atoms with Crippen LogP contribution in [-0.4, -0.2) is 45.6 Å². The smallest absolute Gasteiger partial charge is 0.408 e. The number of nitrogens with zero attached hydrogens (tertiary/aromatic N) is 1. The number of phenols is 1. The van der Waals surface area contributed by atoms with Gasteiger partial charge in [0.25, 0.3) is 5.91 Å². The largest absolute Gasteiger partial charge is 0.508 e. The van der Waals surface area contributed by atoms with Gasteiger partial charge in [0.05, 0.1) is 10.7 Å². The summed E-state index contributed by atoms with van der Waals surface area (Å²) in [6.45, 7) is 10.9. The highest BCUT2D eigenvalue weighted by molar-refractivity contribution is 6.34. The van der Waals surface area contributed by atoms with Crippen molar-refractivity contribution >= 4 is 35.2 Å². The van der Waals surface area contributed by atoms with E-state index < -0.39 is 35.6 Å². The van der Waals surface area contributed by atoms with E-state index in [0.29, 0.717) is 30.0 Å². The normalized spacial score (nSPS) is 15.7. The van der Waals surface area contributed by atoms with Crippen LogP contribution < -0.4 is 10.6 Å². The summed E-state index contributed by atoms with van der Waals surface area (Å²) >= 11 is 6.39. The van der Waals surface area contributed by atoms with Gasteiger partial charge in [-0.05, 0) is 64.2 Å². The number of alkyl carbamates (subject to hydrolysis) is 1. The van der Waals surface area contributed by atoms with E-state index in [1.165, 1.54) is 11.0 Å². The zero-order chi connectivity index (χ0) is 28.2. The van der Waals surface area contributed by atoms with Gasteiger partial charge < -0.3 is 25.4 Å². The molecule has 3 N–H and O–H groups in total. The van der Waals surface area contributed by atoms with Crippen LogP contribution >= 0.6 is 11.6 Å². The van der Waals surface area contributed by atoms with Crippen LogP contribution in [0.3, 0.4) is 0 Å². The SMILES string of the molecule is CCC(C)C(NC(=O)OC(C)(C)C)C(=O)N(C1CC1)C(C(=O)Nc1c(C)cccc1Cl)c1ccccc1O. The van der Waals surface area contributed by atoms with Crippen molar-refractivity contribution in [2.75, 3.05) is 5.32 Å². The zero-order valence-corrected chi connectivity index (χ0v) is 23.6. The van der Waals surface area contributed by atoms with Gasteiger partial charge in [-0.2, -0.15) is 0 Å². The highest BCUT2D eigenvalue weighted by Gasteiger charge is 2.45. The predicted octanol–water partition coefficient (Wildman–Crippen LogP) is 5.96. The Morgan fingerprint density at radius 1 is 1.13 bits per heavy atom. The third-order valence-corrected chi connectivity index (χ3v) is 6.89. The van der Waals surface area contributed by atoms with Crippen LogP contribution in [0.2, 0.25) is 5.02 Å². The molecule has 1 saturated carbocycles. The van der Waals surface area contributed by atoms with E-state index in [9.17, 15) is 19.5 Å². The lowest BCUT2D eigenvalue weighted by atomic mass is 9.95. The molecule has 0 spiro atoms. The van der Waals surface area contributed by atoms with Gasteiger partial charge in [-0.1, -0.05) is 62.2 Å². The quantitative estimate of drug-likeness (QED) is 0.361. The van der Waals surface area contributed by atoms with Gasteiger partial charge in [0.15, 0.2) is 0 Å². The Morgan fingerprint density at radius 3 is 2.34 bits per heavy atom. The molecule has 3 amide bonds. The molecule has 9 heteroatoms. The molecule has 1 fully saturated rings. The highest BCUT2D eigenvalue weighted by atomic mass is 35.5. The minimum Gasteiger partial charge on any atom is -0.508 e. The van der Waals surface area contributed by atoms with Crippen LogP contribution in [-0.2, 0) is 14.3 Å². The number of phenolic OH excluding ortho intramolecular Hbond substituents is 1. The third kappa shape index (κ3) is 7.19. The summed E-state index contributed by atoms with van der Waals surface area (Å²) in [4.78, 5) is 42.4. The first-order valence-electron chi connectivity index (χ1n) is 13.0. The van der Waals surface area contributed by atoms with E-state index in [4.69, 9.17) is 16.3 Å². The molecule has 3 atom stereocenters. The van der Waals surface area contributed by atoms with Gasteiger partial charge in [-0.15, -0.1) is 0 Å². The standard InChI is InChI=1S/C29H38ClN3O5/c1-7-17(2)24(32-28(37)38-29(4,5)6)27(36)33(19-15-16-19)25(20-12-8-9-14-22(20)34)26(35)31-23-18(3)11-10-13-21(23)30/h8-14,17,19,24-25,34H,7,15-16H2,1-6H3,(H,31,35)(H,32,37). The first-order chi connectivity index (χ1) is 17.8. The number of carbonyl (C=O) groups excluding carboxylic acids is 3. The number of aryl methyl sites for hydroxylation is 1. The molecule has 1 aliphatic carbocycles. The number of nitrogens with one attached hydrogen (secondary N) is 2. The van der Waals surface area contributed by atoms with Gasteiger partial charge in [0.1, 0.15) is 23.4 Å². The minimum absolute atomic E-state index is 0.109. The zero-order valence-electron chi connectivity index (χ0n) is 22.9. The van der Waals surface area contributed by atoms with Crippen LogP contribution in [0.25, 0.3) is 0 Å². The second kappa shape index (κ2) is 12.1. The molecule has 2 aromatic rings. The van der Waals surface area contributed by atoms with Crippen molar-refractivity contribution in [1.82, 2.24) is 10.2 Å². The van der Waals surface area contributed by atoms with E-state index in [0.717, 1.165) is 5.56 Å². The molecule has 8 nitrogen and oxygen atoms in total. The molecule has 38 heavy (non-hydrogen) atoms. The molecule has 0 aromatic heterocycles. The predicted molar refractivity (Wildman–Crippen MR) is 148 cm³/mol. The lowest BCUT2D eigenvalue weighted by molar-refractivity contribution is -0.142. The van der Waals surface area contributed by atoms with Crippen LogP contribution in [0.1, 0.15) is 71.0 Å². The monoisotopic (exact) mass is 543 g/mol. The third-order valence-electron chi connectivity index (χ3n) is 6.57. The summed E-state index contributed by atoms with van der Waals surface area (Å²) in [5.74, 6) is -1.27. The molecule has 206 valence electrons. The van der Waals surface area contributed by atoms with Crippen molar-refractivity contribution in [1.29, 1.82) is 0 Å². The fourth-order valence-electron chi connectivity index (χ4n) is 4.27. The number of carbonyl (C=O) groups is 3. The van der Waals surface area contributed by atoms with Gasteiger partial charge in [0.2, 0.25) is 5.91 Å². The van der Waals surface area contributed by atoms with Gasteiger partial charge in [-0.25, -0.2) is 4.79 Å². The molecule has 3 rings (SSSR count). The van der Waals surface area contributed by atoms with Gasteiger partial charge >= 0.3 is 6.09 Å². The summed E-state index contributed by atoms with van der Waals surface area (Å²) in [6, 6.07) is 9.44. The lowest BCUT2D eigenvalue weighted by Gasteiger charge is -2.36. The Balaban J connectivity index is 2.04. The Bertz CT molecular complexity index is 1150. The van der Waals surface area contributed by atoms with E-state index in [-0.39, 0.29) is 23.3 Å². The first kappa shape index (κ1) is 29.3. The maximum Gasteiger partial charge on any atom is 0.408 e. The molecule has 0 saturated heterocycles. The summed E-state index contributed by atoms with van der Waals surface area (Å²) in [5.41, 5.74) is 0.743. The molecule has 0 heterocycles. The number of hydrogen-bond acceptors (Lipinski definition) is 5.